The van der Waals surface area contributed by atoms with Gasteiger partial charge in [-0.1, -0.05) is 0 Å². The Hall–Kier alpha value is 2.94. The predicted molar refractivity (Wildman–Crippen MR) is 11.5 cm³/mol. The van der Waals surface area contributed by atoms with Gasteiger partial charge in [0, 0.05) is 91.6 Å². The Labute approximate surface area is 89.8 Å². The summed E-state index contributed by atoms with van der Waals surface area (Å²) in [6.45, 7) is 0. The molecule has 4 heavy (non-hydrogen) atoms. The molecule has 0 atom stereocenters. The van der Waals surface area contributed by atoms with E-state index in [-0.39, 0.29) is 91.6 Å². The molecule has 0 nitrogen and oxygen atoms in total. The van der Waals surface area contributed by atoms with Gasteiger partial charge in [-0.25, -0.2) is 0 Å². The van der Waals surface area contributed by atoms with E-state index in [1.807, 2.05) is 0 Å². The van der Waals surface area contributed by atoms with Crippen molar-refractivity contribution >= 4 is 55.1 Å². The SMILES string of the molecule is [Al].[Ca].[Fe].[Zn]. The van der Waals surface area contributed by atoms with E-state index in [0.29, 0.717) is 0 Å². The molecule has 0 N–H and O–H groups in total. The van der Waals surface area contributed by atoms with E-state index in [9.17, 15) is 0 Å². The maximum atomic E-state index is 0. The van der Waals surface area contributed by atoms with Crippen molar-refractivity contribution in [3.63, 3.8) is 0 Å². The summed E-state index contributed by atoms with van der Waals surface area (Å²) >= 11 is 0. The van der Waals surface area contributed by atoms with E-state index >= 15 is 0 Å². The standard InChI is InChI=1S/Al.Ca.Fe.Zn. The first-order valence-electron chi connectivity index (χ1n) is 0. The van der Waals surface area contributed by atoms with Gasteiger partial charge in [0.2, 0.25) is 0 Å². The van der Waals surface area contributed by atoms with E-state index in [0.717, 1.165) is 0 Å². The maximum Gasteiger partial charge on any atom is 0 e. The zero-order chi connectivity index (χ0) is 0. The second-order valence-electron chi connectivity index (χ2n) is 0. The first-order chi connectivity index (χ1) is 0. The normalized spacial score (nSPS) is 0. The zero-order valence-corrected chi connectivity index (χ0v) is 9.78. The molecule has 0 aromatic heterocycles. The van der Waals surface area contributed by atoms with Crippen molar-refractivity contribution in [1.29, 1.82) is 0 Å². The Kier molecular flexibility index (Phi) is 119. The molecule has 0 aromatic rings. The third kappa shape index (κ3) is 8.87. The van der Waals surface area contributed by atoms with Crippen LogP contribution in [-0.2, 0) is 36.5 Å². The molecule has 0 saturated heterocycles. The first-order valence-corrected chi connectivity index (χ1v) is 0. The third-order valence-corrected chi connectivity index (χ3v) is 0. The van der Waals surface area contributed by atoms with E-state index in [1.165, 1.54) is 0 Å². The van der Waals surface area contributed by atoms with Crippen LogP contribution in [-0.4, -0.2) is 55.1 Å². The zero-order valence-electron chi connectivity index (χ0n) is 2.35. The summed E-state index contributed by atoms with van der Waals surface area (Å²) in [5.41, 5.74) is 0. The van der Waals surface area contributed by atoms with Crippen molar-refractivity contribution in [3.8, 4) is 0 Å². The molecular formula is AlCaFeZn. The van der Waals surface area contributed by atoms with Crippen LogP contribution in [0.3, 0.4) is 0 Å². The summed E-state index contributed by atoms with van der Waals surface area (Å²) in [7, 11) is 0. The van der Waals surface area contributed by atoms with E-state index in [2.05, 4.69) is 0 Å². The second-order valence-corrected chi connectivity index (χ2v) is 0. The largest absolute Gasteiger partial charge is 0 e. The molecule has 0 spiro atoms. The molecule has 0 amide bonds. The van der Waals surface area contributed by atoms with Crippen LogP contribution in [0, 0.1) is 0 Å². The smallest absolute Gasteiger partial charge is 0 e. The summed E-state index contributed by atoms with van der Waals surface area (Å²) in [5, 5.41) is 0. The van der Waals surface area contributed by atoms with Crippen LogP contribution >= 0.6 is 0 Å². The molecule has 0 bridgehead atoms. The minimum Gasteiger partial charge on any atom is 0 e. The van der Waals surface area contributed by atoms with Gasteiger partial charge in [0.25, 0.3) is 0 Å². The van der Waals surface area contributed by atoms with Crippen molar-refractivity contribution in [3.05, 3.63) is 0 Å². The van der Waals surface area contributed by atoms with Crippen LogP contribution in [0.1, 0.15) is 0 Å². The molecule has 0 unspecified atom stereocenters. The van der Waals surface area contributed by atoms with Gasteiger partial charge in [0.1, 0.15) is 0 Å². The van der Waals surface area contributed by atoms with Crippen LogP contribution < -0.4 is 0 Å². The molecule has 0 saturated carbocycles. The van der Waals surface area contributed by atoms with Gasteiger partial charge in [0.05, 0.1) is 0 Å². The van der Waals surface area contributed by atoms with Crippen LogP contribution in [0.2, 0.25) is 0 Å². The summed E-state index contributed by atoms with van der Waals surface area (Å²) in [6, 6.07) is 0. The van der Waals surface area contributed by atoms with Crippen LogP contribution in [0.5, 0.6) is 0 Å². The van der Waals surface area contributed by atoms with E-state index in [1.54, 1.807) is 0 Å². The van der Waals surface area contributed by atoms with Gasteiger partial charge in [-0.3, -0.25) is 0 Å². The Balaban J connectivity index is 0. The van der Waals surface area contributed by atoms with Gasteiger partial charge in [0.15, 0.2) is 0 Å². The number of hydrogen-bond acceptors (Lipinski definition) is 0. The number of hydrogen-bond donors (Lipinski definition) is 0. The van der Waals surface area contributed by atoms with Crippen molar-refractivity contribution < 1.29 is 36.5 Å². The Morgan fingerprint density at radius 2 is 1.00 bits per heavy atom. The van der Waals surface area contributed by atoms with Gasteiger partial charge in [-0.15, -0.1) is 0 Å². The Morgan fingerprint density at radius 3 is 1.00 bits per heavy atom. The molecule has 0 aliphatic heterocycles. The van der Waals surface area contributed by atoms with Gasteiger partial charge < -0.3 is 0 Å². The van der Waals surface area contributed by atoms with Crippen LogP contribution in [0.4, 0.5) is 0 Å². The number of rotatable bonds is 0. The molecule has 0 fully saturated rings. The molecule has 0 aromatic carbocycles. The molecule has 4 heteroatoms. The van der Waals surface area contributed by atoms with Gasteiger partial charge in [-0.2, -0.15) is 0 Å². The molecule has 0 rings (SSSR count). The Bertz CT molecular complexity index is 8.00. The van der Waals surface area contributed by atoms with Crippen molar-refractivity contribution in [2.24, 2.45) is 0 Å². The predicted octanol–water partition coefficient (Wildman–Crippen LogP) is -0.767. The maximum absolute atomic E-state index is 0. The Morgan fingerprint density at radius 1 is 1.00 bits per heavy atom. The van der Waals surface area contributed by atoms with Crippen LogP contribution in [0.15, 0.2) is 0 Å². The fraction of sp³-hybridized carbons (Fsp3) is 0. The van der Waals surface area contributed by atoms with Crippen molar-refractivity contribution in [2.45, 2.75) is 0 Å². The van der Waals surface area contributed by atoms with Crippen molar-refractivity contribution in [2.75, 3.05) is 0 Å². The molecule has 0 aliphatic carbocycles. The fourth-order valence-corrected chi connectivity index (χ4v) is 0. The summed E-state index contributed by atoms with van der Waals surface area (Å²) in [6.07, 6.45) is 0. The fourth-order valence-electron chi connectivity index (χ4n) is 0. The summed E-state index contributed by atoms with van der Waals surface area (Å²) < 4.78 is 0. The topological polar surface area (TPSA) is 0 Å². The van der Waals surface area contributed by atoms with E-state index < -0.39 is 0 Å². The average Bonchev–Trinajstić information content (AvgIpc) is 0. The molecule has 0 heterocycles. The quantitative estimate of drug-likeness (QED) is 0.438. The van der Waals surface area contributed by atoms with Gasteiger partial charge >= 0.3 is 0 Å². The monoisotopic (exact) mass is 187 g/mol. The summed E-state index contributed by atoms with van der Waals surface area (Å²) in [4.78, 5) is 0. The van der Waals surface area contributed by atoms with Gasteiger partial charge in [-0.05, 0) is 0 Å². The molecule has 0 aliphatic rings. The van der Waals surface area contributed by atoms with Crippen LogP contribution in [0.25, 0.3) is 0 Å². The van der Waals surface area contributed by atoms with E-state index in [4.69, 9.17) is 0 Å². The van der Waals surface area contributed by atoms with Crippen molar-refractivity contribution in [1.82, 2.24) is 0 Å². The third-order valence-electron chi connectivity index (χ3n) is 0. The second kappa shape index (κ2) is 16.8. The molecule has 15 valence electrons. The summed E-state index contributed by atoms with van der Waals surface area (Å²) in [5.74, 6) is 0. The molecular weight excluding hydrogens is 188 g/mol. The first kappa shape index (κ1) is 28.4. The average molecular weight is 188 g/mol. The minimum atomic E-state index is 0. The minimum absolute atomic E-state index is 0. The molecule has 5 radical (unpaired) electrons.